The van der Waals surface area contributed by atoms with Crippen molar-refractivity contribution in [3.63, 3.8) is 0 Å². The van der Waals surface area contributed by atoms with Gasteiger partial charge in [-0.1, -0.05) is 6.07 Å². The van der Waals surface area contributed by atoms with Gasteiger partial charge >= 0.3 is 5.97 Å². The van der Waals surface area contributed by atoms with Gasteiger partial charge in [0.15, 0.2) is 11.6 Å². The molecule has 0 aromatic heterocycles. The molecule has 1 aromatic carbocycles. The minimum absolute atomic E-state index is 0.206. The van der Waals surface area contributed by atoms with E-state index >= 15 is 0 Å². The van der Waals surface area contributed by atoms with Crippen LogP contribution < -0.4 is 5.73 Å². The molecule has 0 saturated carbocycles. The van der Waals surface area contributed by atoms with Crippen LogP contribution in [-0.2, 0) is 4.79 Å². The molecule has 1 unspecified atom stereocenters. The van der Waals surface area contributed by atoms with E-state index in [-0.39, 0.29) is 12.1 Å². The summed E-state index contributed by atoms with van der Waals surface area (Å²) in [5, 5.41) is 8.76. The fourth-order valence-corrected chi connectivity index (χ4v) is 1.37. The van der Waals surface area contributed by atoms with Crippen molar-refractivity contribution in [1.29, 1.82) is 0 Å². The van der Waals surface area contributed by atoms with E-state index in [0.717, 1.165) is 6.07 Å². The second-order valence-corrected chi connectivity index (χ2v) is 3.28. The standard InChI is InChI=1S/C10H11F2NO2/c1-5-2-6(7(4-13)10(14)15)9(12)8(11)3-5/h2-3,7H,4,13H2,1H3,(H,14,15). The van der Waals surface area contributed by atoms with Crippen LogP contribution in [0.2, 0.25) is 0 Å². The van der Waals surface area contributed by atoms with Gasteiger partial charge in [-0.25, -0.2) is 8.78 Å². The maximum Gasteiger partial charge on any atom is 0.312 e. The number of aliphatic carboxylic acids is 1. The highest BCUT2D eigenvalue weighted by Crippen LogP contribution is 2.22. The van der Waals surface area contributed by atoms with Gasteiger partial charge in [0.1, 0.15) is 0 Å². The van der Waals surface area contributed by atoms with E-state index in [4.69, 9.17) is 10.8 Å². The third-order valence-electron chi connectivity index (χ3n) is 2.11. The van der Waals surface area contributed by atoms with Gasteiger partial charge in [-0.15, -0.1) is 0 Å². The van der Waals surface area contributed by atoms with E-state index in [9.17, 15) is 13.6 Å². The molecule has 1 atom stereocenters. The molecule has 0 bridgehead atoms. The zero-order valence-electron chi connectivity index (χ0n) is 8.13. The topological polar surface area (TPSA) is 63.3 Å². The second-order valence-electron chi connectivity index (χ2n) is 3.28. The Morgan fingerprint density at radius 2 is 2.13 bits per heavy atom. The van der Waals surface area contributed by atoms with Crippen LogP contribution in [0.5, 0.6) is 0 Å². The van der Waals surface area contributed by atoms with Gasteiger partial charge in [0, 0.05) is 12.1 Å². The van der Waals surface area contributed by atoms with Crippen LogP contribution in [0.1, 0.15) is 17.0 Å². The number of benzene rings is 1. The zero-order valence-corrected chi connectivity index (χ0v) is 8.13. The molecular weight excluding hydrogens is 204 g/mol. The van der Waals surface area contributed by atoms with Crippen molar-refractivity contribution in [1.82, 2.24) is 0 Å². The van der Waals surface area contributed by atoms with Gasteiger partial charge in [-0.2, -0.15) is 0 Å². The number of carboxylic acids is 1. The highest BCUT2D eigenvalue weighted by Gasteiger charge is 2.23. The number of aryl methyl sites for hydroxylation is 1. The van der Waals surface area contributed by atoms with Gasteiger partial charge in [-0.3, -0.25) is 4.79 Å². The van der Waals surface area contributed by atoms with Crippen molar-refractivity contribution in [2.24, 2.45) is 5.73 Å². The van der Waals surface area contributed by atoms with Crippen molar-refractivity contribution in [3.05, 3.63) is 34.9 Å². The summed E-state index contributed by atoms with van der Waals surface area (Å²) in [6, 6.07) is 2.30. The van der Waals surface area contributed by atoms with E-state index in [1.807, 2.05) is 0 Å². The SMILES string of the molecule is Cc1cc(F)c(F)c(C(CN)C(=O)O)c1. The lowest BCUT2D eigenvalue weighted by atomic mass is 9.97. The average Bonchev–Trinajstić information content (AvgIpc) is 2.13. The number of rotatable bonds is 3. The fourth-order valence-electron chi connectivity index (χ4n) is 1.37. The van der Waals surface area contributed by atoms with Crippen LogP contribution in [0.25, 0.3) is 0 Å². The molecule has 1 aromatic rings. The van der Waals surface area contributed by atoms with Crippen molar-refractivity contribution in [3.8, 4) is 0 Å². The number of halogens is 2. The molecule has 0 aliphatic carbocycles. The van der Waals surface area contributed by atoms with Crippen molar-refractivity contribution in [2.45, 2.75) is 12.8 Å². The Morgan fingerprint density at radius 3 is 2.60 bits per heavy atom. The maximum atomic E-state index is 13.3. The summed E-state index contributed by atoms with van der Waals surface area (Å²) in [6.45, 7) is 1.29. The summed E-state index contributed by atoms with van der Waals surface area (Å²) in [4.78, 5) is 10.7. The molecule has 0 amide bonds. The zero-order chi connectivity index (χ0) is 11.6. The molecule has 15 heavy (non-hydrogen) atoms. The number of nitrogens with two attached hydrogens (primary N) is 1. The van der Waals surface area contributed by atoms with Gasteiger partial charge in [0.05, 0.1) is 5.92 Å². The molecule has 0 aliphatic rings. The summed E-state index contributed by atoms with van der Waals surface area (Å²) in [7, 11) is 0. The molecule has 3 nitrogen and oxygen atoms in total. The molecule has 0 spiro atoms. The lowest BCUT2D eigenvalue weighted by molar-refractivity contribution is -0.138. The Balaban J connectivity index is 3.28. The Morgan fingerprint density at radius 1 is 1.53 bits per heavy atom. The average molecular weight is 215 g/mol. The summed E-state index contributed by atoms with van der Waals surface area (Å²) >= 11 is 0. The number of carbonyl (C=O) groups is 1. The molecule has 1 rings (SSSR count). The number of hydrogen-bond donors (Lipinski definition) is 2. The second kappa shape index (κ2) is 4.35. The predicted molar refractivity (Wildman–Crippen MR) is 50.5 cm³/mol. The summed E-state index contributed by atoms with van der Waals surface area (Å²) in [6.07, 6.45) is 0. The molecule has 0 radical (unpaired) electrons. The van der Waals surface area contributed by atoms with Crippen molar-refractivity contribution in [2.75, 3.05) is 6.54 Å². The molecule has 0 heterocycles. The molecule has 5 heteroatoms. The van der Waals surface area contributed by atoms with Crippen molar-refractivity contribution >= 4 is 5.97 Å². The summed E-state index contributed by atoms with van der Waals surface area (Å²) in [5.41, 5.74) is 5.46. The maximum absolute atomic E-state index is 13.3. The highest BCUT2D eigenvalue weighted by atomic mass is 19.2. The minimum atomic E-state index is -1.26. The first-order valence-electron chi connectivity index (χ1n) is 4.35. The molecule has 3 N–H and O–H groups in total. The summed E-state index contributed by atoms with van der Waals surface area (Å²) < 4.78 is 26.3. The van der Waals surface area contributed by atoms with Gasteiger partial charge in [0.25, 0.3) is 0 Å². The van der Waals surface area contributed by atoms with E-state index in [1.165, 1.54) is 6.07 Å². The van der Waals surface area contributed by atoms with Crippen LogP contribution in [0.4, 0.5) is 8.78 Å². The van der Waals surface area contributed by atoms with E-state index in [0.29, 0.717) is 5.56 Å². The largest absolute Gasteiger partial charge is 0.481 e. The smallest absolute Gasteiger partial charge is 0.312 e. The summed E-state index contributed by atoms with van der Waals surface area (Å²) in [5.74, 6) is -4.66. The van der Waals surface area contributed by atoms with Crippen LogP contribution in [0, 0.1) is 18.6 Å². The van der Waals surface area contributed by atoms with Gasteiger partial charge < -0.3 is 10.8 Å². The third kappa shape index (κ3) is 2.30. The number of carboxylic acid groups (broad SMARTS) is 1. The van der Waals surface area contributed by atoms with Gasteiger partial charge in [0.2, 0.25) is 0 Å². The Labute approximate surface area is 85.5 Å². The van der Waals surface area contributed by atoms with E-state index in [1.54, 1.807) is 6.92 Å². The first kappa shape index (κ1) is 11.6. The van der Waals surface area contributed by atoms with Crippen LogP contribution in [-0.4, -0.2) is 17.6 Å². The van der Waals surface area contributed by atoms with Crippen molar-refractivity contribution < 1.29 is 18.7 Å². The number of hydrogen-bond acceptors (Lipinski definition) is 2. The molecule has 0 saturated heterocycles. The van der Waals surface area contributed by atoms with Crippen LogP contribution in [0.3, 0.4) is 0 Å². The van der Waals surface area contributed by atoms with E-state index in [2.05, 4.69) is 0 Å². The third-order valence-corrected chi connectivity index (χ3v) is 2.11. The quantitative estimate of drug-likeness (QED) is 0.801. The Hall–Kier alpha value is -1.49. The molecule has 0 aliphatic heterocycles. The van der Waals surface area contributed by atoms with Crippen LogP contribution in [0.15, 0.2) is 12.1 Å². The van der Waals surface area contributed by atoms with E-state index < -0.39 is 23.5 Å². The Bertz CT molecular complexity index is 393. The lowest BCUT2D eigenvalue weighted by Crippen LogP contribution is -2.22. The molecular formula is C10H11F2NO2. The van der Waals surface area contributed by atoms with Gasteiger partial charge in [-0.05, 0) is 18.6 Å². The van der Waals surface area contributed by atoms with Crippen LogP contribution >= 0.6 is 0 Å². The molecule has 0 fully saturated rings. The molecule has 82 valence electrons. The highest BCUT2D eigenvalue weighted by molar-refractivity contribution is 5.76. The predicted octanol–water partition coefficient (Wildman–Crippen LogP) is 1.40. The fraction of sp³-hybridized carbons (Fsp3) is 0.300. The first-order valence-corrected chi connectivity index (χ1v) is 4.35. The normalized spacial score (nSPS) is 12.5. The lowest BCUT2D eigenvalue weighted by Gasteiger charge is -2.12. The minimum Gasteiger partial charge on any atom is -0.481 e. The first-order chi connectivity index (χ1) is 6.97. The monoisotopic (exact) mass is 215 g/mol. The Kier molecular flexibility index (Phi) is 3.36.